The fourth-order valence-electron chi connectivity index (χ4n) is 4.85. The summed E-state index contributed by atoms with van der Waals surface area (Å²) in [6, 6.07) is 12.6. The van der Waals surface area contributed by atoms with Gasteiger partial charge in [0, 0.05) is 26.2 Å². The molecule has 1 amide bonds. The summed E-state index contributed by atoms with van der Waals surface area (Å²) in [5.41, 5.74) is -1.12. The number of piperidine rings is 2. The van der Waals surface area contributed by atoms with Gasteiger partial charge in [-0.2, -0.15) is 18.2 Å². The molecule has 0 radical (unpaired) electrons. The Bertz CT molecular complexity index is 1220. The summed E-state index contributed by atoms with van der Waals surface area (Å²) < 4.78 is 46.1. The molecule has 2 aromatic heterocycles. The molecule has 0 spiro atoms. The lowest BCUT2D eigenvalue weighted by molar-refractivity contribution is -0.141. The van der Waals surface area contributed by atoms with Crippen molar-refractivity contribution in [3.8, 4) is 0 Å². The summed E-state index contributed by atoms with van der Waals surface area (Å²) >= 11 is 0. The Balaban J connectivity index is 1.25. The molecule has 8 nitrogen and oxygen atoms in total. The van der Waals surface area contributed by atoms with Crippen LogP contribution in [-0.4, -0.2) is 47.2 Å². The number of nitrogens with zero attached hydrogens (tertiary/aromatic N) is 4. The zero-order valence-corrected chi connectivity index (χ0v) is 20.2. The number of carbonyl (C=O) groups excluding carboxylic acids is 1. The number of carbonyl (C=O) groups is 1. The SMILES string of the molecule is O=C(Nc1ccc(N2CCC(O)(c3ccccc3)CC2)nc1)c1oc(N2CCCCC2)nc1C(F)(F)F. The van der Waals surface area contributed by atoms with Gasteiger partial charge >= 0.3 is 6.18 Å². The highest BCUT2D eigenvalue weighted by atomic mass is 19.4. The summed E-state index contributed by atoms with van der Waals surface area (Å²) in [6.07, 6.45) is 0.260. The van der Waals surface area contributed by atoms with Crippen LogP contribution in [0.5, 0.6) is 0 Å². The molecule has 2 N–H and O–H groups in total. The van der Waals surface area contributed by atoms with Gasteiger partial charge in [-0.1, -0.05) is 30.3 Å². The Hall–Kier alpha value is -3.60. The first-order valence-electron chi connectivity index (χ1n) is 12.4. The van der Waals surface area contributed by atoms with E-state index in [0.29, 0.717) is 44.8 Å². The number of benzene rings is 1. The number of hydrogen-bond donors (Lipinski definition) is 2. The molecule has 0 bridgehead atoms. The number of aromatic nitrogens is 2. The highest BCUT2D eigenvalue weighted by Crippen LogP contribution is 2.36. The lowest BCUT2D eigenvalue weighted by Crippen LogP contribution is -2.42. The van der Waals surface area contributed by atoms with E-state index in [9.17, 15) is 23.1 Å². The molecule has 5 rings (SSSR count). The van der Waals surface area contributed by atoms with Gasteiger partial charge in [0.05, 0.1) is 17.5 Å². The zero-order chi connectivity index (χ0) is 26.0. The first-order valence-corrected chi connectivity index (χ1v) is 12.4. The van der Waals surface area contributed by atoms with E-state index in [1.54, 1.807) is 17.0 Å². The number of hydrogen-bond acceptors (Lipinski definition) is 7. The van der Waals surface area contributed by atoms with Crippen molar-refractivity contribution >= 4 is 23.4 Å². The van der Waals surface area contributed by atoms with E-state index >= 15 is 0 Å². The van der Waals surface area contributed by atoms with Crippen LogP contribution in [0.4, 0.5) is 30.7 Å². The van der Waals surface area contributed by atoms with E-state index in [1.165, 1.54) is 6.20 Å². The lowest BCUT2D eigenvalue weighted by Gasteiger charge is -2.39. The van der Waals surface area contributed by atoms with Gasteiger partial charge in [-0.15, -0.1) is 0 Å². The average molecular weight is 516 g/mol. The molecular formula is C26H28F3N5O3. The number of nitrogens with one attached hydrogen (secondary N) is 1. The van der Waals surface area contributed by atoms with Crippen LogP contribution in [0.15, 0.2) is 53.1 Å². The maximum atomic E-state index is 13.6. The third-order valence-corrected chi connectivity index (χ3v) is 6.95. The predicted octanol–water partition coefficient (Wildman–Crippen LogP) is 4.82. The Labute approximate surface area is 212 Å². The number of halogens is 3. The number of amides is 1. The Morgan fingerprint density at radius 1 is 0.973 bits per heavy atom. The number of oxazole rings is 1. The standard InChI is InChI=1S/C26H28F3N5O3/c27-26(28,29)22-21(37-24(32-22)34-13-5-2-6-14-34)23(35)31-19-9-10-20(30-17-19)33-15-11-25(36,12-16-33)18-7-3-1-4-8-18/h1,3-4,7-10,17,36H,2,5-6,11-16H2,(H,31,35). The molecule has 2 saturated heterocycles. The number of anilines is 3. The van der Waals surface area contributed by atoms with Crippen LogP contribution in [0.1, 0.15) is 53.9 Å². The van der Waals surface area contributed by atoms with Gasteiger partial charge in [-0.05, 0) is 49.8 Å². The van der Waals surface area contributed by atoms with E-state index in [-0.39, 0.29) is 11.7 Å². The molecule has 2 aliphatic heterocycles. The summed E-state index contributed by atoms with van der Waals surface area (Å²) in [5, 5.41) is 13.5. The van der Waals surface area contributed by atoms with Crippen LogP contribution >= 0.6 is 0 Å². The Morgan fingerprint density at radius 2 is 1.68 bits per heavy atom. The first kappa shape index (κ1) is 25.1. The van der Waals surface area contributed by atoms with Crippen molar-refractivity contribution in [2.45, 2.75) is 43.9 Å². The third kappa shape index (κ3) is 5.41. The molecule has 2 aliphatic rings. The zero-order valence-electron chi connectivity index (χ0n) is 20.2. The van der Waals surface area contributed by atoms with Crippen molar-refractivity contribution < 1.29 is 27.5 Å². The quantitative estimate of drug-likeness (QED) is 0.503. The molecule has 196 valence electrons. The van der Waals surface area contributed by atoms with E-state index < -0.39 is 29.1 Å². The smallest absolute Gasteiger partial charge is 0.417 e. The molecular weight excluding hydrogens is 487 g/mol. The van der Waals surface area contributed by atoms with Gasteiger partial charge in [0.25, 0.3) is 11.9 Å². The largest absolute Gasteiger partial charge is 0.437 e. The van der Waals surface area contributed by atoms with Crippen molar-refractivity contribution in [2.75, 3.05) is 41.3 Å². The van der Waals surface area contributed by atoms with Crippen molar-refractivity contribution in [1.82, 2.24) is 9.97 Å². The molecule has 0 unspecified atom stereocenters. The maximum Gasteiger partial charge on any atom is 0.437 e. The van der Waals surface area contributed by atoms with E-state index in [2.05, 4.69) is 15.3 Å². The van der Waals surface area contributed by atoms with E-state index in [0.717, 1.165) is 24.8 Å². The van der Waals surface area contributed by atoms with Crippen molar-refractivity contribution in [1.29, 1.82) is 0 Å². The third-order valence-electron chi connectivity index (χ3n) is 6.95. The van der Waals surface area contributed by atoms with E-state index in [4.69, 9.17) is 4.42 Å². The Kier molecular flexibility index (Phi) is 6.80. The summed E-state index contributed by atoms with van der Waals surface area (Å²) in [7, 11) is 0. The molecule has 1 aromatic carbocycles. The van der Waals surface area contributed by atoms with Gasteiger partial charge < -0.3 is 24.6 Å². The van der Waals surface area contributed by atoms with Gasteiger partial charge in [0.15, 0.2) is 5.69 Å². The fraction of sp³-hybridized carbons (Fsp3) is 0.423. The lowest BCUT2D eigenvalue weighted by atomic mass is 9.84. The van der Waals surface area contributed by atoms with Gasteiger partial charge in [-0.25, -0.2) is 4.98 Å². The monoisotopic (exact) mass is 515 g/mol. The second-order valence-corrected chi connectivity index (χ2v) is 9.46. The van der Waals surface area contributed by atoms with Crippen LogP contribution in [0.3, 0.4) is 0 Å². The average Bonchev–Trinajstić information content (AvgIpc) is 3.38. The number of alkyl halides is 3. The van der Waals surface area contributed by atoms with Gasteiger partial charge in [0.1, 0.15) is 5.82 Å². The van der Waals surface area contributed by atoms with Crippen molar-refractivity contribution in [3.05, 3.63) is 65.7 Å². The number of aliphatic hydroxyl groups is 1. The first-order chi connectivity index (χ1) is 17.7. The molecule has 2 fully saturated rings. The molecule has 0 aliphatic carbocycles. The minimum Gasteiger partial charge on any atom is -0.417 e. The fourth-order valence-corrected chi connectivity index (χ4v) is 4.85. The second kappa shape index (κ2) is 10.0. The minimum absolute atomic E-state index is 0.189. The van der Waals surface area contributed by atoms with Gasteiger partial charge in [0.2, 0.25) is 5.76 Å². The molecule has 4 heterocycles. The Morgan fingerprint density at radius 3 is 2.30 bits per heavy atom. The predicted molar refractivity (Wildman–Crippen MR) is 132 cm³/mol. The second-order valence-electron chi connectivity index (χ2n) is 9.46. The molecule has 37 heavy (non-hydrogen) atoms. The summed E-state index contributed by atoms with van der Waals surface area (Å²) in [6.45, 7) is 2.22. The maximum absolute atomic E-state index is 13.6. The normalized spacial score (nSPS) is 18.1. The number of rotatable bonds is 5. The van der Waals surface area contributed by atoms with Crippen molar-refractivity contribution in [3.63, 3.8) is 0 Å². The van der Waals surface area contributed by atoms with Crippen LogP contribution in [0.25, 0.3) is 0 Å². The van der Waals surface area contributed by atoms with Crippen molar-refractivity contribution in [2.24, 2.45) is 0 Å². The van der Waals surface area contributed by atoms with Gasteiger partial charge in [-0.3, -0.25) is 4.79 Å². The number of pyridine rings is 1. The molecule has 0 saturated carbocycles. The molecule has 0 atom stereocenters. The molecule has 11 heteroatoms. The summed E-state index contributed by atoms with van der Waals surface area (Å²) in [4.78, 5) is 24.4. The van der Waals surface area contributed by atoms with Crippen LogP contribution in [-0.2, 0) is 11.8 Å². The topological polar surface area (TPSA) is 94.7 Å². The van der Waals surface area contributed by atoms with Crippen LogP contribution in [0, 0.1) is 0 Å². The van der Waals surface area contributed by atoms with Crippen LogP contribution < -0.4 is 15.1 Å². The minimum atomic E-state index is -4.83. The highest BCUT2D eigenvalue weighted by Gasteiger charge is 2.42. The molecule has 3 aromatic rings. The highest BCUT2D eigenvalue weighted by molar-refractivity contribution is 6.03. The van der Waals surface area contributed by atoms with Crippen LogP contribution in [0.2, 0.25) is 0 Å². The van der Waals surface area contributed by atoms with E-state index in [1.807, 2.05) is 35.2 Å². The summed E-state index contributed by atoms with van der Waals surface area (Å²) in [5.74, 6) is -1.26.